The monoisotopic (exact) mass is 158 g/mol. The van der Waals surface area contributed by atoms with Gasteiger partial charge in [0.15, 0.2) is 0 Å². The number of hydrogen-bond donors (Lipinski definition) is 1. The molecule has 0 aromatic rings. The van der Waals surface area contributed by atoms with Crippen molar-refractivity contribution in [2.75, 3.05) is 6.61 Å². The van der Waals surface area contributed by atoms with Crippen molar-refractivity contribution in [3.8, 4) is 0 Å². The maximum atomic E-state index is 10.2. The molecule has 66 valence electrons. The third-order valence-corrected chi connectivity index (χ3v) is 2.82. The molecule has 0 spiro atoms. The maximum absolute atomic E-state index is 10.2. The molecule has 2 heteroatoms. The summed E-state index contributed by atoms with van der Waals surface area (Å²) in [7, 11) is 0. The molecule has 11 heavy (non-hydrogen) atoms. The van der Waals surface area contributed by atoms with E-state index >= 15 is 0 Å². The summed E-state index contributed by atoms with van der Waals surface area (Å²) in [4.78, 5) is 0. The summed E-state index contributed by atoms with van der Waals surface area (Å²) in [5.74, 6) is 0. The second kappa shape index (κ2) is 2.46. The second-order valence-corrected chi connectivity index (χ2v) is 4.44. The van der Waals surface area contributed by atoms with Crippen molar-refractivity contribution < 1.29 is 9.84 Å². The van der Waals surface area contributed by atoms with Crippen molar-refractivity contribution in [1.29, 1.82) is 0 Å². The average Bonchev–Trinajstić information content (AvgIpc) is 2.12. The third-order valence-electron chi connectivity index (χ3n) is 2.82. The minimum Gasteiger partial charge on any atom is -0.387 e. The van der Waals surface area contributed by atoms with Crippen LogP contribution in [0.4, 0.5) is 0 Å². The Hall–Kier alpha value is -0.0800. The zero-order valence-corrected chi connectivity index (χ0v) is 7.85. The number of aliphatic hydroxyl groups is 1. The summed E-state index contributed by atoms with van der Waals surface area (Å²) >= 11 is 0. The van der Waals surface area contributed by atoms with Crippen molar-refractivity contribution in [3.05, 3.63) is 0 Å². The van der Waals surface area contributed by atoms with Gasteiger partial charge in [0.25, 0.3) is 0 Å². The van der Waals surface area contributed by atoms with Crippen LogP contribution in [0.3, 0.4) is 0 Å². The van der Waals surface area contributed by atoms with Gasteiger partial charge < -0.3 is 9.84 Å². The van der Waals surface area contributed by atoms with Crippen molar-refractivity contribution in [1.82, 2.24) is 0 Å². The Morgan fingerprint density at radius 1 is 1.45 bits per heavy atom. The Morgan fingerprint density at radius 3 is 2.18 bits per heavy atom. The summed E-state index contributed by atoms with van der Waals surface area (Å²) < 4.78 is 5.34. The van der Waals surface area contributed by atoms with Crippen LogP contribution in [0.5, 0.6) is 0 Å². The Morgan fingerprint density at radius 2 is 2.00 bits per heavy atom. The molecule has 0 amide bonds. The summed E-state index contributed by atoms with van der Waals surface area (Å²) in [5, 5.41) is 10.2. The smallest absolute Gasteiger partial charge is 0.0975 e. The lowest BCUT2D eigenvalue weighted by atomic mass is 9.73. The Kier molecular flexibility index (Phi) is 2.01. The summed E-state index contributed by atoms with van der Waals surface area (Å²) in [6.07, 6.45) is 0.736. The van der Waals surface area contributed by atoms with Crippen molar-refractivity contribution >= 4 is 0 Å². The Labute approximate surface area is 68.6 Å². The van der Waals surface area contributed by atoms with Crippen LogP contribution >= 0.6 is 0 Å². The van der Waals surface area contributed by atoms with Gasteiger partial charge in [-0.2, -0.15) is 0 Å². The highest BCUT2D eigenvalue weighted by atomic mass is 16.5. The first-order valence-corrected chi connectivity index (χ1v) is 4.22. The lowest BCUT2D eigenvalue weighted by Gasteiger charge is -2.39. The van der Waals surface area contributed by atoms with Gasteiger partial charge in [0.1, 0.15) is 0 Å². The summed E-state index contributed by atoms with van der Waals surface area (Å²) in [6.45, 7) is 8.79. The zero-order chi connectivity index (χ0) is 8.70. The van der Waals surface area contributed by atoms with Gasteiger partial charge in [-0.3, -0.25) is 0 Å². The molecule has 1 saturated heterocycles. The molecule has 0 aliphatic carbocycles. The maximum Gasteiger partial charge on any atom is 0.0975 e. The van der Waals surface area contributed by atoms with E-state index in [4.69, 9.17) is 4.74 Å². The van der Waals surface area contributed by atoms with E-state index in [9.17, 15) is 5.11 Å². The number of ether oxygens (including phenoxy) is 1. The van der Waals surface area contributed by atoms with E-state index in [2.05, 4.69) is 20.8 Å². The lowest BCUT2D eigenvalue weighted by molar-refractivity contribution is -0.0992. The second-order valence-electron chi connectivity index (χ2n) is 4.44. The molecule has 2 atom stereocenters. The van der Waals surface area contributed by atoms with Crippen LogP contribution < -0.4 is 0 Å². The average molecular weight is 158 g/mol. The number of rotatable bonds is 0. The highest BCUT2D eigenvalue weighted by Crippen LogP contribution is 2.40. The molecule has 0 radical (unpaired) electrons. The molecule has 0 saturated carbocycles. The quantitative estimate of drug-likeness (QED) is 0.580. The van der Waals surface area contributed by atoms with Crippen LogP contribution in [0.1, 0.15) is 34.1 Å². The van der Waals surface area contributed by atoms with Gasteiger partial charge in [-0.15, -0.1) is 0 Å². The van der Waals surface area contributed by atoms with Gasteiger partial charge in [0.2, 0.25) is 0 Å². The van der Waals surface area contributed by atoms with E-state index in [0.29, 0.717) is 6.61 Å². The number of hydrogen-bond acceptors (Lipinski definition) is 2. The normalized spacial score (nSPS) is 39.5. The molecule has 1 aliphatic rings. The van der Waals surface area contributed by atoms with Crippen LogP contribution in [0.2, 0.25) is 0 Å². The first-order valence-electron chi connectivity index (χ1n) is 4.22. The van der Waals surface area contributed by atoms with Crippen molar-refractivity contribution in [2.24, 2.45) is 5.41 Å². The zero-order valence-electron chi connectivity index (χ0n) is 7.85. The molecule has 0 unspecified atom stereocenters. The summed E-state index contributed by atoms with van der Waals surface area (Å²) in [5.41, 5.74) is -0.712. The van der Waals surface area contributed by atoms with E-state index in [1.54, 1.807) is 0 Å². The molecule has 0 aromatic carbocycles. The van der Waals surface area contributed by atoms with Crippen molar-refractivity contribution in [2.45, 2.75) is 45.8 Å². The molecular formula is C9H18O2. The minimum atomic E-state index is -0.632. The van der Waals surface area contributed by atoms with Gasteiger partial charge >= 0.3 is 0 Å². The first kappa shape index (κ1) is 9.01. The van der Waals surface area contributed by atoms with E-state index in [1.807, 2.05) is 6.92 Å². The highest BCUT2D eigenvalue weighted by molar-refractivity contribution is 4.98. The SMILES string of the molecule is C[C@H]1OCC[C@]1(O)C(C)(C)C. The van der Waals surface area contributed by atoms with Crippen LogP contribution in [0, 0.1) is 5.41 Å². The fourth-order valence-electron chi connectivity index (χ4n) is 1.72. The van der Waals surface area contributed by atoms with E-state index in [1.165, 1.54) is 0 Å². The van der Waals surface area contributed by atoms with E-state index < -0.39 is 5.60 Å². The predicted octanol–water partition coefficient (Wildman–Crippen LogP) is 1.57. The van der Waals surface area contributed by atoms with Gasteiger partial charge in [-0.1, -0.05) is 20.8 Å². The molecule has 1 heterocycles. The Bertz CT molecular complexity index is 148. The highest BCUT2D eigenvalue weighted by Gasteiger charge is 2.48. The van der Waals surface area contributed by atoms with Crippen LogP contribution in [0.15, 0.2) is 0 Å². The first-order chi connectivity index (χ1) is 4.88. The van der Waals surface area contributed by atoms with Gasteiger partial charge in [0, 0.05) is 13.0 Å². The fourth-order valence-corrected chi connectivity index (χ4v) is 1.72. The van der Waals surface area contributed by atoms with Crippen LogP contribution in [0.25, 0.3) is 0 Å². The molecule has 1 fully saturated rings. The molecule has 0 bridgehead atoms. The van der Waals surface area contributed by atoms with Gasteiger partial charge in [0.05, 0.1) is 11.7 Å². The molecule has 0 aromatic heterocycles. The molecule has 1 rings (SSSR count). The Balaban J connectivity index is 2.81. The topological polar surface area (TPSA) is 29.5 Å². The fraction of sp³-hybridized carbons (Fsp3) is 1.00. The van der Waals surface area contributed by atoms with Crippen LogP contribution in [-0.4, -0.2) is 23.4 Å². The van der Waals surface area contributed by atoms with Gasteiger partial charge in [-0.25, -0.2) is 0 Å². The van der Waals surface area contributed by atoms with Gasteiger partial charge in [-0.05, 0) is 12.3 Å². The molecule has 1 N–H and O–H groups in total. The standard InChI is InChI=1S/C9H18O2/c1-7-9(10,5-6-11-7)8(2,3)4/h7,10H,5-6H2,1-4H3/t7-,9-/m1/s1. The molecule has 1 aliphatic heterocycles. The minimum absolute atomic E-state index is 0.0255. The van der Waals surface area contributed by atoms with Crippen molar-refractivity contribution in [3.63, 3.8) is 0 Å². The molecule has 2 nitrogen and oxygen atoms in total. The molecular weight excluding hydrogens is 140 g/mol. The largest absolute Gasteiger partial charge is 0.387 e. The lowest BCUT2D eigenvalue weighted by Crippen LogP contribution is -2.48. The summed E-state index contributed by atoms with van der Waals surface area (Å²) in [6, 6.07) is 0. The predicted molar refractivity (Wildman–Crippen MR) is 44.4 cm³/mol. The van der Waals surface area contributed by atoms with E-state index in [0.717, 1.165) is 6.42 Å². The van der Waals surface area contributed by atoms with Crippen LogP contribution in [-0.2, 0) is 4.74 Å². The third kappa shape index (κ3) is 1.30. The van der Waals surface area contributed by atoms with E-state index in [-0.39, 0.29) is 11.5 Å².